The molecule has 15 heavy (non-hydrogen) atoms. The molecule has 1 rings (SSSR count). The van der Waals surface area contributed by atoms with Gasteiger partial charge in [0.15, 0.2) is 5.78 Å². The predicted molar refractivity (Wildman–Crippen MR) is 61.0 cm³/mol. The normalized spacial score (nSPS) is 12.9. The molecule has 0 heterocycles. The van der Waals surface area contributed by atoms with Crippen molar-refractivity contribution < 1.29 is 9.90 Å². The van der Waals surface area contributed by atoms with Gasteiger partial charge in [0.2, 0.25) is 0 Å². The van der Waals surface area contributed by atoms with Crippen LogP contribution in [0.5, 0.6) is 0 Å². The van der Waals surface area contributed by atoms with E-state index in [-0.39, 0.29) is 18.1 Å². The summed E-state index contributed by atoms with van der Waals surface area (Å²) in [5, 5.41) is 10.2. The van der Waals surface area contributed by atoms with Gasteiger partial charge in [0.1, 0.15) is 6.10 Å². The van der Waals surface area contributed by atoms with E-state index in [0.717, 1.165) is 5.56 Å². The van der Waals surface area contributed by atoms with Gasteiger partial charge in [-0.25, -0.2) is 0 Å². The SMILES string of the molecule is CC(C)C(O)C(=O)Cc1ccc(Cl)cc1. The molecule has 0 spiro atoms. The highest BCUT2D eigenvalue weighted by Gasteiger charge is 2.18. The summed E-state index contributed by atoms with van der Waals surface area (Å²) >= 11 is 5.73. The number of rotatable bonds is 4. The number of aliphatic hydroxyl groups excluding tert-OH is 1. The van der Waals surface area contributed by atoms with E-state index in [0.29, 0.717) is 5.02 Å². The van der Waals surface area contributed by atoms with E-state index in [2.05, 4.69) is 0 Å². The fourth-order valence-electron chi connectivity index (χ4n) is 1.28. The first kappa shape index (κ1) is 12.2. The first-order valence-corrected chi connectivity index (χ1v) is 5.33. The smallest absolute Gasteiger partial charge is 0.165 e. The Morgan fingerprint density at radius 3 is 2.33 bits per heavy atom. The Kier molecular flexibility index (Phi) is 4.30. The summed E-state index contributed by atoms with van der Waals surface area (Å²) in [4.78, 5) is 11.6. The summed E-state index contributed by atoms with van der Waals surface area (Å²) in [5.41, 5.74) is 0.879. The molecule has 82 valence electrons. The molecule has 3 heteroatoms. The minimum atomic E-state index is -0.874. The largest absolute Gasteiger partial charge is 0.385 e. The zero-order valence-electron chi connectivity index (χ0n) is 8.90. The fraction of sp³-hybridized carbons (Fsp3) is 0.417. The molecule has 0 saturated heterocycles. The first-order chi connectivity index (χ1) is 7.00. The van der Waals surface area contributed by atoms with Crippen molar-refractivity contribution in [1.82, 2.24) is 0 Å². The first-order valence-electron chi connectivity index (χ1n) is 4.96. The minimum absolute atomic E-state index is 0.0372. The predicted octanol–water partition coefficient (Wildman–Crippen LogP) is 2.47. The Morgan fingerprint density at radius 2 is 1.87 bits per heavy atom. The lowest BCUT2D eigenvalue weighted by molar-refractivity contribution is -0.128. The molecule has 1 unspecified atom stereocenters. The second-order valence-electron chi connectivity index (χ2n) is 3.96. The maximum atomic E-state index is 11.6. The van der Waals surface area contributed by atoms with Crippen molar-refractivity contribution in [3.05, 3.63) is 34.9 Å². The summed E-state index contributed by atoms with van der Waals surface area (Å²) < 4.78 is 0. The molecular weight excluding hydrogens is 212 g/mol. The van der Waals surface area contributed by atoms with E-state index in [1.54, 1.807) is 24.3 Å². The van der Waals surface area contributed by atoms with Crippen LogP contribution in [0.15, 0.2) is 24.3 Å². The van der Waals surface area contributed by atoms with Crippen molar-refractivity contribution in [2.75, 3.05) is 0 Å². The average molecular weight is 227 g/mol. The van der Waals surface area contributed by atoms with E-state index in [4.69, 9.17) is 11.6 Å². The molecule has 0 aliphatic heterocycles. The van der Waals surface area contributed by atoms with Gasteiger partial charge in [-0.1, -0.05) is 37.6 Å². The Morgan fingerprint density at radius 1 is 1.33 bits per heavy atom. The number of carbonyl (C=O) groups is 1. The number of halogens is 1. The number of carbonyl (C=O) groups excluding carboxylic acids is 1. The Bertz CT molecular complexity index is 330. The molecule has 2 nitrogen and oxygen atoms in total. The van der Waals surface area contributed by atoms with Crippen LogP contribution in [-0.2, 0) is 11.2 Å². The lowest BCUT2D eigenvalue weighted by Crippen LogP contribution is -2.27. The highest BCUT2D eigenvalue weighted by molar-refractivity contribution is 6.30. The quantitative estimate of drug-likeness (QED) is 0.857. The fourth-order valence-corrected chi connectivity index (χ4v) is 1.41. The molecule has 1 aromatic carbocycles. The van der Waals surface area contributed by atoms with Crippen molar-refractivity contribution in [2.24, 2.45) is 5.92 Å². The Balaban J connectivity index is 2.62. The van der Waals surface area contributed by atoms with Gasteiger partial charge in [-0.3, -0.25) is 4.79 Å². The lowest BCUT2D eigenvalue weighted by Gasteiger charge is -2.12. The summed E-state index contributed by atoms with van der Waals surface area (Å²) in [5.74, 6) is -0.183. The molecule has 1 aromatic rings. The number of ketones is 1. The summed E-state index contributed by atoms with van der Waals surface area (Å²) in [6, 6.07) is 7.08. The molecule has 0 radical (unpaired) electrons. The van der Waals surface area contributed by atoms with Crippen molar-refractivity contribution in [3.63, 3.8) is 0 Å². The lowest BCUT2D eigenvalue weighted by atomic mass is 9.98. The van der Waals surface area contributed by atoms with Gasteiger partial charge in [0.25, 0.3) is 0 Å². The van der Waals surface area contributed by atoms with E-state index in [1.165, 1.54) is 0 Å². The zero-order valence-corrected chi connectivity index (χ0v) is 9.66. The molecule has 0 aromatic heterocycles. The molecule has 0 fully saturated rings. The second kappa shape index (κ2) is 5.29. The van der Waals surface area contributed by atoms with Gasteiger partial charge in [-0.2, -0.15) is 0 Å². The minimum Gasteiger partial charge on any atom is -0.385 e. The van der Waals surface area contributed by atoms with Gasteiger partial charge in [0.05, 0.1) is 0 Å². The highest BCUT2D eigenvalue weighted by atomic mass is 35.5. The van der Waals surface area contributed by atoms with E-state index in [9.17, 15) is 9.90 Å². The van der Waals surface area contributed by atoms with Crippen LogP contribution in [0.4, 0.5) is 0 Å². The topological polar surface area (TPSA) is 37.3 Å². The van der Waals surface area contributed by atoms with Gasteiger partial charge in [0, 0.05) is 11.4 Å². The van der Waals surface area contributed by atoms with Crippen LogP contribution in [0.25, 0.3) is 0 Å². The molecule has 0 aliphatic carbocycles. The van der Waals surface area contributed by atoms with Crippen LogP contribution in [-0.4, -0.2) is 17.0 Å². The maximum absolute atomic E-state index is 11.6. The molecule has 0 aliphatic rings. The molecule has 0 amide bonds. The summed E-state index contributed by atoms with van der Waals surface area (Å²) in [6.45, 7) is 3.65. The zero-order chi connectivity index (χ0) is 11.4. The van der Waals surface area contributed by atoms with Crippen molar-refractivity contribution >= 4 is 17.4 Å². The third-order valence-electron chi connectivity index (χ3n) is 2.25. The van der Waals surface area contributed by atoms with Crippen molar-refractivity contribution in [2.45, 2.75) is 26.4 Å². The van der Waals surface area contributed by atoms with Crippen LogP contribution >= 0.6 is 11.6 Å². The highest BCUT2D eigenvalue weighted by Crippen LogP contribution is 2.12. The average Bonchev–Trinajstić information content (AvgIpc) is 2.20. The van der Waals surface area contributed by atoms with Crippen molar-refractivity contribution in [3.8, 4) is 0 Å². The summed E-state index contributed by atoms with van der Waals surface area (Å²) in [6.07, 6.45) is -0.614. The number of Topliss-reactive ketones (excluding diaryl/α,β-unsaturated/α-hetero) is 1. The van der Waals surface area contributed by atoms with Gasteiger partial charge < -0.3 is 5.11 Å². The van der Waals surface area contributed by atoms with Crippen LogP contribution in [0, 0.1) is 5.92 Å². The van der Waals surface area contributed by atoms with Crippen LogP contribution in [0.3, 0.4) is 0 Å². The third-order valence-corrected chi connectivity index (χ3v) is 2.50. The van der Waals surface area contributed by atoms with Crippen molar-refractivity contribution in [1.29, 1.82) is 0 Å². The van der Waals surface area contributed by atoms with E-state index < -0.39 is 6.10 Å². The number of hydrogen-bond acceptors (Lipinski definition) is 2. The van der Waals surface area contributed by atoms with E-state index >= 15 is 0 Å². The third kappa shape index (κ3) is 3.65. The standard InChI is InChI=1S/C12H15ClO2/c1-8(2)12(15)11(14)7-9-3-5-10(13)6-4-9/h3-6,8,12,15H,7H2,1-2H3. The molecule has 0 saturated carbocycles. The molecule has 1 atom stereocenters. The van der Waals surface area contributed by atoms with Gasteiger partial charge >= 0.3 is 0 Å². The molecule has 0 bridgehead atoms. The molecule has 1 N–H and O–H groups in total. The monoisotopic (exact) mass is 226 g/mol. The Labute approximate surface area is 94.9 Å². The van der Waals surface area contributed by atoms with Gasteiger partial charge in [-0.15, -0.1) is 0 Å². The Hall–Kier alpha value is -0.860. The van der Waals surface area contributed by atoms with Gasteiger partial charge in [-0.05, 0) is 23.6 Å². The molecular formula is C12H15ClO2. The second-order valence-corrected chi connectivity index (χ2v) is 4.39. The number of hydrogen-bond donors (Lipinski definition) is 1. The van der Waals surface area contributed by atoms with Crippen LogP contribution < -0.4 is 0 Å². The maximum Gasteiger partial charge on any atom is 0.165 e. The number of aliphatic hydroxyl groups is 1. The van der Waals surface area contributed by atoms with Crippen LogP contribution in [0.2, 0.25) is 5.02 Å². The summed E-state index contributed by atoms with van der Waals surface area (Å²) in [7, 11) is 0. The van der Waals surface area contributed by atoms with E-state index in [1.807, 2.05) is 13.8 Å². The number of benzene rings is 1. The van der Waals surface area contributed by atoms with Crippen LogP contribution in [0.1, 0.15) is 19.4 Å².